The Hall–Kier alpha value is -4.51. The number of ether oxygens (including phenoxy) is 3. The Balaban J connectivity index is 1.47. The SMILES string of the molecule is C/C=C/c1c(C(=O)Nc2ccc(OCc3ccccc3)cc2)ccc(OCc2ccccc2)c1OC. The van der Waals surface area contributed by atoms with Crippen molar-refractivity contribution in [3.63, 3.8) is 0 Å². The van der Waals surface area contributed by atoms with E-state index in [0.29, 0.717) is 41.5 Å². The van der Waals surface area contributed by atoms with Crippen LogP contribution < -0.4 is 19.5 Å². The van der Waals surface area contributed by atoms with Gasteiger partial charge in [-0.2, -0.15) is 0 Å². The second-order valence-corrected chi connectivity index (χ2v) is 8.09. The van der Waals surface area contributed by atoms with Crippen molar-refractivity contribution in [3.8, 4) is 17.2 Å². The number of benzene rings is 4. The number of anilines is 1. The summed E-state index contributed by atoms with van der Waals surface area (Å²) < 4.78 is 17.5. The Kier molecular flexibility index (Phi) is 8.39. The van der Waals surface area contributed by atoms with Crippen molar-refractivity contribution in [1.29, 1.82) is 0 Å². The first kappa shape index (κ1) is 24.6. The molecule has 1 amide bonds. The summed E-state index contributed by atoms with van der Waals surface area (Å²) in [5.74, 6) is 1.58. The number of hydrogen-bond acceptors (Lipinski definition) is 4. The maximum atomic E-state index is 13.2. The van der Waals surface area contributed by atoms with Gasteiger partial charge < -0.3 is 19.5 Å². The van der Waals surface area contributed by atoms with E-state index in [1.165, 1.54) is 0 Å². The summed E-state index contributed by atoms with van der Waals surface area (Å²) in [6.07, 6.45) is 3.72. The van der Waals surface area contributed by atoms with Gasteiger partial charge in [0.2, 0.25) is 0 Å². The monoisotopic (exact) mass is 479 g/mol. The molecule has 36 heavy (non-hydrogen) atoms. The normalized spacial score (nSPS) is 10.7. The molecule has 182 valence electrons. The number of amides is 1. The number of methoxy groups -OCH3 is 1. The molecule has 1 N–H and O–H groups in total. The van der Waals surface area contributed by atoms with Crippen LogP contribution in [0, 0.1) is 0 Å². The molecule has 0 saturated heterocycles. The standard InChI is InChI=1S/C31H29NO4/c1-3-10-27-28(19-20-29(30(27)34-2)36-22-24-13-8-5-9-14-24)31(33)32-25-15-17-26(18-16-25)35-21-23-11-6-4-7-12-23/h3-20H,21-22H2,1-2H3,(H,32,33)/b10-3+. The highest BCUT2D eigenvalue weighted by atomic mass is 16.5. The summed E-state index contributed by atoms with van der Waals surface area (Å²) in [5.41, 5.74) is 3.95. The number of allylic oxidation sites excluding steroid dienone is 1. The van der Waals surface area contributed by atoms with E-state index in [-0.39, 0.29) is 5.91 Å². The van der Waals surface area contributed by atoms with E-state index in [4.69, 9.17) is 14.2 Å². The van der Waals surface area contributed by atoms with Crippen molar-refractivity contribution in [2.24, 2.45) is 0 Å². The zero-order valence-electron chi connectivity index (χ0n) is 20.4. The molecule has 4 rings (SSSR count). The third kappa shape index (κ3) is 6.33. The van der Waals surface area contributed by atoms with E-state index in [1.54, 1.807) is 19.2 Å². The molecule has 0 unspecified atom stereocenters. The average molecular weight is 480 g/mol. The number of hydrogen-bond donors (Lipinski definition) is 1. The highest BCUT2D eigenvalue weighted by molar-refractivity contribution is 6.07. The molecule has 0 fully saturated rings. The van der Waals surface area contributed by atoms with Crippen LogP contribution in [0.5, 0.6) is 17.2 Å². The first-order valence-electron chi connectivity index (χ1n) is 11.8. The average Bonchev–Trinajstić information content (AvgIpc) is 2.92. The Morgan fingerprint density at radius 2 is 1.39 bits per heavy atom. The van der Waals surface area contributed by atoms with Crippen LogP contribution in [0.1, 0.15) is 34.0 Å². The fourth-order valence-electron chi connectivity index (χ4n) is 3.74. The Bertz CT molecular complexity index is 1300. The van der Waals surface area contributed by atoms with Gasteiger partial charge in [-0.05, 0) is 54.4 Å². The van der Waals surface area contributed by atoms with Crippen LogP contribution in [0.25, 0.3) is 6.08 Å². The van der Waals surface area contributed by atoms with Gasteiger partial charge in [-0.1, -0.05) is 72.8 Å². The van der Waals surface area contributed by atoms with E-state index in [9.17, 15) is 4.79 Å². The van der Waals surface area contributed by atoms with Gasteiger partial charge >= 0.3 is 0 Å². The van der Waals surface area contributed by atoms with Crippen molar-refractivity contribution in [3.05, 3.63) is 125 Å². The van der Waals surface area contributed by atoms with E-state index in [1.807, 2.05) is 104 Å². The molecule has 0 aromatic heterocycles. The topological polar surface area (TPSA) is 56.8 Å². The van der Waals surface area contributed by atoms with Crippen LogP contribution in [0.2, 0.25) is 0 Å². The molecule has 4 aromatic carbocycles. The minimum absolute atomic E-state index is 0.242. The predicted octanol–water partition coefficient (Wildman–Crippen LogP) is 7.14. The fourth-order valence-corrected chi connectivity index (χ4v) is 3.74. The fraction of sp³-hybridized carbons (Fsp3) is 0.129. The van der Waals surface area contributed by atoms with Gasteiger partial charge in [-0.25, -0.2) is 0 Å². The number of carbonyl (C=O) groups is 1. The lowest BCUT2D eigenvalue weighted by Crippen LogP contribution is -2.14. The molecule has 5 nitrogen and oxygen atoms in total. The summed E-state index contributed by atoms with van der Waals surface area (Å²) in [6.45, 7) is 2.78. The van der Waals surface area contributed by atoms with E-state index < -0.39 is 0 Å². The number of rotatable bonds is 10. The third-order valence-electron chi connectivity index (χ3n) is 5.54. The summed E-state index contributed by atoms with van der Waals surface area (Å²) >= 11 is 0. The van der Waals surface area contributed by atoms with Crippen LogP contribution in [-0.2, 0) is 13.2 Å². The highest BCUT2D eigenvalue weighted by Gasteiger charge is 2.18. The van der Waals surface area contributed by atoms with Gasteiger partial charge in [-0.15, -0.1) is 0 Å². The van der Waals surface area contributed by atoms with Crippen molar-refractivity contribution < 1.29 is 19.0 Å². The van der Waals surface area contributed by atoms with E-state index >= 15 is 0 Å². The molecule has 0 aliphatic heterocycles. The molecular weight excluding hydrogens is 450 g/mol. The molecule has 4 aromatic rings. The summed E-state index contributed by atoms with van der Waals surface area (Å²) in [7, 11) is 1.58. The molecule has 0 spiro atoms. The first-order chi connectivity index (χ1) is 17.7. The molecule has 0 saturated carbocycles. The number of nitrogens with one attached hydrogen (secondary N) is 1. The van der Waals surface area contributed by atoms with Gasteiger partial charge in [0.25, 0.3) is 5.91 Å². The second kappa shape index (κ2) is 12.3. The molecule has 0 radical (unpaired) electrons. The van der Waals surface area contributed by atoms with E-state index in [2.05, 4.69) is 5.32 Å². The lowest BCUT2D eigenvalue weighted by atomic mass is 10.0. The lowest BCUT2D eigenvalue weighted by molar-refractivity contribution is 0.102. The summed E-state index contributed by atoms with van der Waals surface area (Å²) in [4.78, 5) is 13.2. The third-order valence-corrected chi connectivity index (χ3v) is 5.54. The molecular formula is C31H29NO4. The molecule has 0 atom stereocenters. The van der Waals surface area contributed by atoms with Crippen molar-refractivity contribution in [2.75, 3.05) is 12.4 Å². The smallest absolute Gasteiger partial charge is 0.256 e. The quantitative estimate of drug-likeness (QED) is 0.263. The zero-order valence-corrected chi connectivity index (χ0v) is 20.4. The lowest BCUT2D eigenvalue weighted by Gasteiger charge is -2.16. The van der Waals surface area contributed by atoms with Gasteiger partial charge in [-0.3, -0.25) is 4.79 Å². The maximum Gasteiger partial charge on any atom is 0.256 e. The predicted molar refractivity (Wildman–Crippen MR) is 144 cm³/mol. The van der Waals surface area contributed by atoms with Gasteiger partial charge in [0.05, 0.1) is 12.7 Å². The highest BCUT2D eigenvalue weighted by Crippen LogP contribution is 2.35. The van der Waals surface area contributed by atoms with Gasteiger partial charge in [0.15, 0.2) is 11.5 Å². The minimum Gasteiger partial charge on any atom is -0.492 e. The van der Waals surface area contributed by atoms with Crippen LogP contribution in [-0.4, -0.2) is 13.0 Å². The second-order valence-electron chi connectivity index (χ2n) is 8.09. The van der Waals surface area contributed by atoms with E-state index in [0.717, 1.165) is 16.9 Å². The van der Waals surface area contributed by atoms with Crippen LogP contribution in [0.4, 0.5) is 5.69 Å². The zero-order chi connectivity index (χ0) is 25.2. The van der Waals surface area contributed by atoms with Crippen molar-refractivity contribution in [1.82, 2.24) is 0 Å². The van der Waals surface area contributed by atoms with Crippen LogP contribution >= 0.6 is 0 Å². The van der Waals surface area contributed by atoms with Crippen LogP contribution in [0.15, 0.2) is 103 Å². The van der Waals surface area contributed by atoms with Crippen molar-refractivity contribution in [2.45, 2.75) is 20.1 Å². The Morgan fingerprint density at radius 3 is 1.97 bits per heavy atom. The number of carbonyl (C=O) groups excluding carboxylic acids is 1. The Labute approximate surface area is 212 Å². The van der Waals surface area contributed by atoms with Gasteiger partial charge in [0, 0.05) is 11.3 Å². The van der Waals surface area contributed by atoms with Crippen LogP contribution in [0.3, 0.4) is 0 Å². The summed E-state index contributed by atoms with van der Waals surface area (Å²) in [6, 6.07) is 30.7. The molecule has 5 heteroatoms. The molecule has 0 aliphatic carbocycles. The maximum absolute atomic E-state index is 13.2. The van der Waals surface area contributed by atoms with Crippen molar-refractivity contribution >= 4 is 17.7 Å². The molecule has 0 heterocycles. The minimum atomic E-state index is -0.242. The largest absolute Gasteiger partial charge is 0.492 e. The molecule has 0 bridgehead atoms. The van der Waals surface area contributed by atoms with Gasteiger partial charge in [0.1, 0.15) is 19.0 Å². The first-order valence-corrected chi connectivity index (χ1v) is 11.8. The Morgan fingerprint density at radius 1 is 0.778 bits per heavy atom. The molecule has 0 aliphatic rings. The summed E-state index contributed by atoms with van der Waals surface area (Å²) in [5, 5.41) is 2.96.